The number of hydrogen-bond donors (Lipinski definition) is 1. The maximum atomic E-state index is 14.7. The normalized spacial score (nSPS) is 13.6. The van der Waals surface area contributed by atoms with Gasteiger partial charge < -0.3 is 10.0 Å². The lowest BCUT2D eigenvalue weighted by Crippen LogP contribution is -2.47. The molecule has 1 fully saturated rings. The van der Waals surface area contributed by atoms with Gasteiger partial charge in [0.2, 0.25) is 0 Å². The second-order valence-electron chi connectivity index (χ2n) is 14.2. The predicted molar refractivity (Wildman–Crippen MR) is 209 cm³/mol. The van der Waals surface area contributed by atoms with Crippen molar-refractivity contribution in [1.82, 2.24) is 39.5 Å². The molecule has 7 rings (SSSR count). The van der Waals surface area contributed by atoms with E-state index in [-0.39, 0.29) is 76.0 Å². The molecule has 13 nitrogen and oxygen atoms in total. The molecule has 59 heavy (non-hydrogen) atoms. The van der Waals surface area contributed by atoms with Crippen molar-refractivity contribution < 1.29 is 37.1 Å². The van der Waals surface area contributed by atoms with Crippen molar-refractivity contribution in [2.75, 3.05) is 18.0 Å². The van der Waals surface area contributed by atoms with E-state index in [9.17, 15) is 37.1 Å². The van der Waals surface area contributed by atoms with Crippen molar-refractivity contribution in [2.45, 2.75) is 53.6 Å². The molecule has 4 aromatic heterocycles. The maximum absolute atomic E-state index is 14.7. The van der Waals surface area contributed by atoms with Crippen LogP contribution < -0.4 is 4.90 Å². The number of aromatic nitrogens is 8. The minimum Gasteiger partial charge on any atom is -0.481 e. The number of rotatable bonds is 11. The number of Topliss-reactive ketones (excluding diaryl/α,β-unsaturated/α-hetero) is 2. The Hall–Kier alpha value is -6.36. The average molecular weight is 832 g/mol. The van der Waals surface area contributed by atoms with Gasteiger partial charge >= 0.3 is 5.97 Å². The zero-order valence-electron chi connectivity index (χ0n) is 32.3. The summed E-state index contributed by atoms with van der Waals surface area (Å²) in [5.41, 5.74) is 0.907. The molecule has 0 atom stereocenters. The van der Waals surface area contributed by atoms with Gasteiger partial charge in [0.05, 0.1) is 30.9 Å². The lowest BCUT2D eigenvalue weighted by atomic mass is 9.70. The lowest BCUT2D eigenvalue weighted by Gasteiger charge is -2.41. The van der Waals surface area contributed by atoms with Crippen LogP contribution in [0.15, 0.2) is 73.1 Å². The van der Waals surface area contributed by atoms with Crippen LogP contribution in [0.2, 0.25) is 5.15 Å². The highest BCUT2D eigenvalue weighted by atomic mass is 35.5. The summed E-state index contributed by atoms with van der Waals surface area (Å²) in [5.74, 6) is -3.35. The molecule has 0 aliphatic carbocycles. The molecule has 1 saturated heterocycles. The van der Waals surface area contributed by atoms with E-state index < -0.39 is 34.7 Å². The van der Waals surface area contributed by atoms with Crippen LogP contribution in [-0.2, 0) is 17.9 Å². The average Bonchev–Trinajstić information content (AvgIpc) is 3.83. The molecule has 1 aliphatic rings. The summed E-state index contributed by atoms with van der Waals surface area (Å²) in [4.78, 5) is 53.7. The Morgan fingerprint density at radius 1 is 0.729 bits per heavy atom. The van der Waals surface area contributed by atoms with Crippen LogP contribution in [0, 0.1) is 34.6 Å². The fraction of sp³-hybridized carbons (Fsp3) is 0.293. The zero-order valence-corrected chi connectivity index (χ0v) is 33.1. The Morgan fingerprint density at radius 3 is 1.61 bits per heavy atom. The van der Waals surface area contributed by atoms with Gasteiger partial charge in [-0.25, -0.2) is 37.5 Å². The predicted octanol–water partition coefficient (Wildman–Crippen LogP) is 7.72. The largest absolute Gasteiger partial charge is 0.481 e. The Labute approximate surface area is 340 Å². The van der Waals surface area contributed by atoms with E-state index in [0.717, 1.165) is 12.4 Å². The molecule has 1 aliphatic heterocycles. The molecule has 2 aromatic carbocycles. The van der Waals surface area contributed by atoms with Gasteiger partial charge in [0.15, 0.2) is 45.8 Å². The minimum absolute atomic E-state index is 0.0359. The Bertz CT molecular complexity index is 2540. The van der Waals surface area contributed by atoms with Gasteiger partial charge in [-0.15, -0.1) is 0 Å². The first-order valence-corrected chi connectivity index (χ1v) is 18.8. The molecule has 0 amide bonds. The van der Waals surface area contributed by atoms with Gasteiger partial charge in [-0.3, -0.25) is 23.7 Å². The summed E-state index contributed by atoms with van der Waals surface area (Å²) in [6, 6.07) is 15.4. The molecule has 18 heteroatoms. The first-order valence-electron chi connectivity index (χ1n) is 18.4. The van der Waals surface area contributed by atoms with Crippen LogP contribution in [-0.4, -0.2) is 75.2 Å². The van der Waals surface area contributed by atoms with Crippen LogP contribution >= 0.6 is 11.6 Å². The van der Waals surface area contributed by atoms with E-state index in [4.69, 9.17) is 11.6 Å². The third-order valence-electron chi connectivity index (χ3n) is 10.2. The highest BCUT2D eigenvalue weighted by Gasteiger charge is 2.44. The zero-order chi connectivity index (χ0) is 42.6. The third-order valence-corrected chi connectivity index (χ3v) is 10.5. The monoisotopic (exact) mass is 831 g/mol. The molecular formula is C41H38ClF4N9O4. The van der Waals surface area contributed by atoms with Crippen molar-refractivity contribution in [3.05, 3.63) is 124 Å². The number of piperidine rings is 1. The molecule has 0 unspecified atom stereocenters. The van der Waals surface area contributed by atoms with E-state index in [0.29, 0.717) is 37.1 Å². The highest BCUT2D eigenvalue weighted by Crippen LogP contribution is 2.40. The molecule has 1 N–H and O–H groups in total. The number of hydrogen-bond acceptors (Lipinski definition) is 10. The number of carbonyl (C=O) groups excluding carboxylic acids is 2. The van der Waals surface area contributed by atoms with E-state index in [1.807, 2.05) is 13.8 Å². The van der Waals surface area contributed by atoms with Crippen molar-refractivity contribution in [3.63, 3.8) is 0 Å². The van der Waals surface area contributed by atoms with Crippen LogP contribution in [0.25, 0.3) is 23.0 Å². The van der Waals surface area contributed by atoms with E-state index in [1.54, 1.807) is 41.3 Å². The molecule has 5 heterocycles. The summed E-state index contributed by atoms with van der Waals surface area (Å²) < 4.78 is 58.6. The Kier molecular flexibility index (Phi) is 12.6. The van der Waals surface area contributed by atoms with Crippen LogP contribution in [0.4, 0.5) is 23.4 Å². The smallest absolute Gasteiger partial charge is 0.310 e. The molecule has 0 bridgehead atoms. The topological polar surface area (TPSA) is 162 Å². The van der Waals surface area contributed by atoms with Gasteiger partial charge in [0.25, 0.3) is 0 Å². The Balaban J connectivity index is 0.000000213. The number of carboxylic acids is 1. The molecule has 0 saturated carbocycles. The Morgan fingerprint density at radius 2 is 1.19 bits per heavy atom. The van der Waals surface area contributed by atoms with Gasteiger partial charge in [-0.2, -0.15) is 10.2 Å². The van der Waals surface area contributed by atoms with Crippen molar-refractivity contribution in [2.24, 2.45) is 11.3 Å². The summed E-state index contributed by atoms with van der Waals surface area (Å²) in [7, 11) is 0. The molecule has 0 radical (unpaired) electrons. The van der Waals surface area contributed by atoms with E-state index in [2.05, 4.69) is 30.1 Å². The number of carbonyl (C=O) groups is 3. The number of nitrogens with zero attached hydrogens (tertiary/aromatic N) is 9. The quantitative estimate of drug-likeness (QED) is 0.0773. The van der Waals surface area contributed by atoms with Crippen LogP contribution in [0.5, 0.6) is 0 Å². The van der Waals surface area contributed by atoms with Gasteiger partial charge in [0, 0.05) is 38.1 Å². The summed E-state index contributed by atoms with van der Waals surface area (Å²) in [6.45, 7) is 7.29. The van der Waals surface area contributed by atoms with Crippen molar-refractivity contribution in [3.8, 4) is 23.0 Å². The van der Waals surface area contributed by atoms with E-state index in [1.165, 1.54) is 47.5 Å². The third kappa shape index (κ3) is 9.19. The SMILES string of the molecule is CC(=O)c1cc(-c2ncc(F)c(Cl)n2)nn1Cc1ccccc1F.CC(=O)c1cc(-c2ncc(F)c(N3CCC(C(=O)O)(C(C)C)CC3)n2)nn1Cc1ccccc1F. The van der Waals surface area contributed by atoms with Crippen molar-refractivity contribution >= 4 is 35.0 Å². The molecule has 306 valence electrons. The number of benzene rings is 2. The first kappa shape index (κ1) is 42.3. The second kappa shape index (κ2) is 17.6. The molecule has 0 spiro atoms. The molecular weight excluding hydrogens is 794 g/mol. The van der Waals surface area contributed by atoms with Gasteiger partial charge in [-0.05, 0) is 43.0 Å². The number of ketones is 2. The minimum atomic E-state index is -0.856. The number of carboxylic acid groups (broad SMARTS) is 1. The fourth-order valence-electron chi connectivity index (χ4n) is 6.76. The van der Waals surface area contributed by atoms with Gasteiger partial charge in [-0.1, -0.05) is 61.8 Å². The highest BCUT2D eigenvalue weighted by molar-refractivity contribution is 6.29. The van der Waals surface area contributed by atoms with Gasteiger partial charge in [0.1, 0.15) is 34.4 Å². The fourth-order valence-corrected chi connectivity index (χ4v) is 6.89. The second-order valence-corrected chi connectivity index (χ2v) is 14.6. The standard InChI is InChI=1S/C25H27F2N5O3.C16H11ClF2N4O/c1-15(2)25(24(34)35)8-10-31(11-9-25)23-19(27)13-28-22(29-23)20-12-21(16(3)33)32(30-20)14-17-6-4-5-7-18(17)26;1-9(24)14-6-13(16-20-7-12(19)15(17)21-16)22-23(14)8-10-4-2-3-5-11(10)18/h4-7,12-13,15H,8-11,14H2,1-3H3,(H,34,35);2-7H,8H2,1H3. The lowest BCUT2D eigenvalue weighted by molar-refractivity contribution is -0.153. The summed E-state index contributed by atoms with van der Waals surface area (Å²) in [6.07, 6.45) is 2.70. The number of halogens is 5. The summed E-state index contributed by atoms with van der Waals surface area (Å²) in [5, 5.41) is 18.1. The van der Waals surface area contributed by atoms with Crippen molar-refractivity contribution in [1.29, 1.82) is 0 Å². The van der Waals surface area contributed by atoms with Crippen LogP contribution in [0.1, 0.15) is 72.6 Å². The maximum Gasteiger partial charge on any atom is 0.310 e. The first-order chi connectivity index (χ1) is 28.1. The van der Waals surface area contributed by atoms with E-state index >= 15 is 0 Å². The molecule has 6 aromatic rings. The summed E-state index contributed by atoms with van der Waals surface area (Å²) >= 11 is 5.65. The number of anilines is 1. The number of aliphatic carboxylic acids is 1. The van der Waals surface area contributed by atoms with Crippen LogP contribution in [0.3, 0.4) is 0 Å².